The van der Waals surface area contributed by atoms with Crippen LogP contribution in [0.15, 0.2) is 90.3 Å². The van der Waals surface area contributed by atoms with Crippen molar-refractivity contribution in [2.75, 3.05) is 18.0 Å². The van der Waals surface area contributed by atoms with Gasteiger partial charge in [0.2, 0.25) is 0 Å². The molecule has 0 bridgehead atoms. The predicted molar refractivity (Wildman–Crippen MR) is 175 cm³/mol. The van der Waals surface area contributed by atoms with Crippen molar-refractivity contribution in [3.8, 4) is 0 Å². The van der Waals surface area contributed by atoms with Crippen molar-refractivity contribution < 1.29 is 33.7 Å². The van der Waals surface area contributed by atoms with E-state index in [-0.39, 0.29) is 5.69 Å². The van der Waals surface area contributed by atoms with E-state index in [1.54, 1.807) is 29.1 Å². The van der Waals surface area contributed by atoms with Gasteiger partial charge in [0.1, 0.15) is 0 Å². The van der Waals surface area contributed by atoms with Crippen LogP contribution in [0.5, 0.6) is 0 Å². The number of benzene rings is 2. The third-order valence-electron chi connectivity index (χ3n) is 7.23. The molecule has 5 rings (SSSR count). The van der Waals surface area contributed by atoms with Crippen LogP contribution in [0.3, 0.4) is 0 Å². The number of hydrogen-bond donors (Lipinski definition) is 0. The number of alkyl halides is 3. The number of pyridine rings is 1. The van der Waals surface area contributed by atoms with Gasteiger partial charge < -0.3 is 9.80 Å². The van der Waals surface area contributed by atoms with Gasteiger partial charge in [-0.05, 0) is 70.3 Å². The molecule has 2 aromatic carbocycles. The largest absolute Gasteiger partial charge is 0.265 e. The average Bonchev–Trinajstić information content (AvgIpc) is 3.43. The Morgan fingerprint density at radius 2 is 1.67 bits per heavy atom. The Morgan fingerprint density at radius 3 is 2.20 bits per heavy atom. The van der Waals surface area contributed by atoms with Crippen LogP contribution in [-0.2, 0) is 20.5 Å². The quantitative estimate of drug-likeness (QED) is 0.199. The first-order chi connectivity index (χ1) is 21.3. The van der Waals surface area contributed by atoms with Gasteiger partial charge in [-0.1, -0.05) is 54.0 Å². The Balaban J connectivity index is 0.000000216. The van der Waals surface area contributed by atoms with E-state index in [4.69, 9.17) is 9.69 Å². The number of aryl methyl sites for hydroxylation is 3. The molecule has 0 N–H and O–H groups in total. The fourth-order valence-corrected chi connectivity index (χ4v) is 6.82. The molecule has 45 heavy (non-hydrogen) atoms. The molecule has 243 valence electrons. The van der Waals surface area contributed by atoms with Crippen LogP contribution in [-0.4, -0.2) is 45.7 Å². The minimum Gasteiger partial charge on any atom is -0.265 e. The molecule has 0 spiro atoms. The third-order valence-corrected chi connectivity index (χ3v) is 8.42. The van der Waals surface area contributed by atoms with Crippen molar-refractivity contribution >= 4 is 31.6 Å². The predicted octanol–water partition coefficient (Wildman–Crippen LogP) is 9.01. The summed E-state index contributed by atoms with van der Waals surface area (Å²) in [5.74, 6) is -1.55. The van der Waals surface area contributed by atoms with Gasteiger partial charge in [0, 0.05) is 30.7 Å². The van der Waals surface area contributed by atoms with Gasteiger partial charge >= 0.3 is 101 Å². The van der Waals surface area contributed by atoms with Crippen molar-refractivity contribution in [3.05, 3.63) is 125 Å². The minimum atomic E-state index is -4.94. The molecule has 5 nitrogen and oxygen atoms in total. The topological polar surface area (TPSA) is 50.5 Å². The summed E-state index contributed by atoms with van der Waals surface area (Å²) in [6.07, 6.45) is 3.29. The van der Waals surface area contributed by atoms with E-state index in [1.165, 1.54) is 45.7 Å². The van der Waals surface area contributed by atoms with Crippen LogP contribution in [0.1, 0.15) is 43.0 Å². The van der Waals surface area contributed by atoms with E-state index in [0.29, 0.717) is 17.5 Å². The Kier molecular flexibility index (Phi) is 13.7. The van der Waals surface area contributed by atoms with E-state index in [0.717, 1.165) is 13.1 Å². The van der Waals surface area contributed by atoms with Crippen LogP contribution in [0, 0.1) is 33.4 Å². The molecule has 2 atom stereocenters. The molecule has 2 heterocycles. The molecule has 3 aromatic rings. The molecule has 0 saturated carbocycles. The van der Waals surface area contributed by atoms with E-state index >= 15 is 0 Å². The van der Waals surface area contributed by atoms with Gasteiger partial charge in [-0.15, -0.1) is 0 Å². The van der Waals surface area contributed by atoms with Gasteiger partial charge in [0.25, 0.3) is 0 Å². The fraction of sp³-hybridized carbons (Fsp3) is 0.314. The van der Waals surface area contributed by atoms with E-state index < -0.39 is 27.8 Å². The maximum absolute atomic E-state index is 12.0. The zero-order valence-corrected chi connectivity index (χ0v) is 28.8. The van der Waals surface area contributed by atoms with Gasteiger partial charge in [-0.25, -0.2) is 0 Å². The number of carbonyl (C=O) groups is 1. The summed E-state index contributed by atoms with van der Waals surface area (Å²) in [6.45, 7) is 18.0. The van der Waals surface area contributed by atoms with Crippen molar-refractivity contribution in [2.24, 2.45) is 5.92 Å². The summed E-state index contributed by atoms with van der Waals surface area (Å²) in [4.78, 5) is 19.4. The van der Waals surface area contributed by atoms with Gasteiger partial charge in [0.05, 0.1) is 0 Å². The van der Waals surface area contributed by atoms with Crippen LogP contribution >= 0.6 is 9.69 Å². The standard InChI is InChI=1S/C21H29N2.C9H6F3NO.C5H5N.ClH.Ru/c1-14-9-16(3)20(17(4)10-14)22-7-8-23(13-22)21-18(5)11-15(2)12-19(21)6;1-6-4-2-3-5-7(6)13-8(14)9(10,11)12;1-2-4-6-5-3-1;;/h9-13,16,20H,7-8H2,1-6H3;1-5H,(H,13,14);1-5H;1H;/q-1;;;;+1/p-2. The average molecular weight is 725 g/mol. The van der Waals surface area contributed by atoms with E-state index in [1.807, 2.05) is 18.2 Å². The molecular weight excluding hydrogens is 686 g/mol. The Bertz CT molecular complexity index is 1480. The molecule has 2 aliphatic rings. The van der Waals surface area contributed by atoms with E-state index in [9.17, 15) is 18.0 Å². The van der Waals surface area contributed by atoms with Crippen molar-refractivity contribution in [2.45, 2.75) is 53.8 Å². The number of hydrogen-bond acceptors (Lipinski definition) is 4. The number of aromatic nitrogens is 1. The molecule has 0 radical (unpaired) electrons. The van der Waals surface area contributed by atoms with Gasteiger partial charge in [-0.2, -0.15) is 6.67 Å². The summed E-state index contributed by atoms with van der Waals surface area (Å²) in [5, 5.41) is 3.01. The zero-order chi connectivity index (χ0) is 33.1. The Hall–Kier alpha value is -3.13. The number of allylic oxidation sites excluding steroid dienone is 2. The number of rotatable bonds is 4. The summed E-state index contributed by atoms with van der Waals surface area (Å²) in [5.41, 5.74) is 8.78. The van der Waals surface area contributed by atoms with Crippen LogP contribution in [0.25, 0.3) is 5.32 Å². The molecule has 1 amide bonds. The monoisotopic (exact) mass is 725 g/mol. The smallest absolute Gasteiger partial charge is 0.0267 e. The third kappa shape index (κ3) is 10.7. The zero-order valence-electron chi connectivity index (χ0n) is 26.3. The number of nitrogens with zero attached hydrogens (tertiary/aromatic N) is 4. The molecule has 10 heteroatoms. The summed E-state index contributed by atoms with van der Waals surface area (Å²) in [6, 6.07) is 16.8. The Labute approximate surface area is 276 Å². The van der Waals surface area contributed by atoms with Crippen LogP contribution < -0.4 is 4.90 Å². The second-order valence-corrected chi connectivity index (χ2v) is 12.9. The second kappa shape index (κ2) is 17.0. The van der Waals surface area contributed by atoms with Crippen LogP contribution in [0.4, 0.5) is 24.5 Å². The molecule has 1 fully saturated rings. The van der Waals surface area contributed by atoms with E-state index in [2.05, 4.69) is 92.6 Å². The summed E-state index contributed by atoms with van der Waals surface area (Å²) in [7, 11) is 5.52. The number of halogens is 4. The fourth-order valence-electron chi connectivity index (χ4n) is 5.70. The first-order valence-electron chi connectivity index (χ1n) is 14.5. The summed E-state index contributed by atoms with van der Waals surface area (Å²) >= 11 is -0.588. The molecule has 1 aliphatic carbocycles. The number of anilines is 1. The number of carbonyl (C=O) groups excluding carboxylic acids is 1. The SMILES string of the molecule is CC1=CC(C)C(N2[CH-]N(c3c(C)cc(C)cc3C)CC2)C(C)=C1.O=C([N-]c1ccccc1[CH]=[Ru][Cl])C(F)(F)F.c1ccncc1. The maximum Gasteiger partial charge on any atom is 0.0267 e. The first-order valence-corrected chi connectivity index (χ1v) is 17.7. The molecular formula is C35H39ClF3N4ORu-2. The van der Waals surface area contributed by atoms with Crippen molar-refractivity contribution in [1.82, 2.24) is 9.88 Å². The second-order valence-electron chi connectivity index (χ2n) is 11.1. The maximum atomic E-state index is 12.0. The van der Waals surface area contributed by atoms with Gasteiger partial charge in [0.15, 0.2) is 0 Å². The molecule has 1 aromatic heterocycles. The molecule has 1 saturated heterocycles. The number of amides is 1. The number of para-hydroxylation sites is 1. The molecule has 2 unspecified atom stereocenters. The normalized spacial score (nSPS) is 18.5. The van der Waals surface area contributed by atoms with Gasteiger partial charge in [-0.3, -0.25) is 4.98 Å². The minimum absolute atomic E-state index is 0.0141. The Morgan fingerprint density at radius 1 is 1.02 bits per heavy atom. The summed E-state index contributed by atoms with van der Waals surface area (Å²) < 4.78 is 37.5. The first kappa shape index (κ1) is 36.3. The van der Waals surface area contributed by atoms with Crippen molar-refractivity contribution in [3.63, 3.8) is 0 Å². The molecule has 1 aliphatic heterocycles. The van der Waals surface area contributed by atoms with Crippen LogP contribution in [0.2, 0.25) is 0 Å². The van der Waals surface area contributed by atoms with Crippen molar-refractivity contribution in [1.29, 1.82) is 0 Å².